The number of hydrogen-bond donors (Lipinski definition) is 0. The van der Waals surface area contributed by atoms with Crippen molar-refractivity contribution in [3.8, 4) is 5.75 Å². The molecule has 1 atom stereocenters. The molecule has 4 rings (SSSR count). The first kappa shape index (κ1) is 15.3. The third-order valence-electron chi connectivity index (χ3n) is 4.50. The van der Waals surface area contributed by atoms with Gasteiger partial charge in [-0.3, -0.25) is 4.79 Å². The molecule has 1 aromatic heterocycles. The van der Waals surface area contributed by atoms with Crippen LogP contribution in [-0.4, -0.2) is 28.0 Å². The molecule has 0 saturated carbocycles. The maximum Gasteiger partial charge on any atom is 0.256 e. The maximum absolute atomic E-state index is 12.9. The van der Waals surface area contributed by atoms with Gasteiger partial charge in [-0.2, -0.15) is 4.68 Å². The lowest BCUT2D eigenvalue weighted by atomic mass is 9.97. The first-order chi connectivity index (χ1) is 12.2. The standard InChI is InChI=1S/C20H17N3O2/c1-13(20(24)23-19-6-4-3-5-18(19)21-22-23)14-7-8-16-12-17(25-2)10-9-15(16)11-14/h3-13H,1-2H3/t13-/m0/s1. The second kappa shape index (κ2) is 6.02. The number of para-hydroxylation sites is 1. The van der Waals surface area contributed by atoms with Crippen LogP contribution in [0, 0.1) is 0 Å². The van der Waals surface area contributed by atoms with Gasteiger partial charge in [0.2, 0.25) is 0 Å². The lowest BCUT2D eigenvalue weighted by Gasteiger charge is -2.12. The van der Waals surface area contributed by atoms with Crippen LogP contribution in [0.4, 0.5) is 0 Å². The molecule has 5 heteroatoms. The number of hydrogen-bond acceptors (Lipinski definition) is 4. The smallest absolute Gasteiger partial charge is 0.256 e. The Morgan fingerprint density at radius 2 is 1.80 bits per heavy atom. The van der Waals surface area contributed by atoms with Crippen LogP contribution in [0.15, 0.2) is 60.7 Å². The Labute approximate surface area is 144 Å². The van der Waals surface area contributed by atoms with Crippen molar-refractivity contribution in [2.75, 3.05) is 7.11 Å². The van der Waals surface area contributed by atoms with Gasteiger partial charge in [-0.25, -0.2) is 0 Å². The SMILES string of the molecule is COc1ccc2cc([C@H](C)C(=O)n3nnc4ccccc43)ccc2c1. The minimum absolute atomic E-state index is 0.0958. The first-order valence-corrected chi connectivity index (χ1v) is 8.10. The van der Waals surface area contributed by atoms with Gasteiger partial charge in [-0.05, 0) is 47.5 Å². The van der Waals surface area contributed by atoms with E-state index in [9.17, 15) is 4.79 Å². The summed E-state index contributed by atoms with van der Waals surface area (Å²) in [6.07, 6.45) is 0. The van der Waals surface area contributed by atoms with E-state index in [1.807, 2.05) is 67.6 Å². The van der Waals surface area contributed by atoms with Crippen molar-refractivity contribution in [3.05, 3.63) is 66.2 Å². The highest BCUT2D eigenvalue weighted by atomic mass is 16.5. The summed E-state index contributed by atoms with van der Waals surface area (Å²) in [5, 5.41) is 10.2. The van der Waals surface area contributed by atoms with Crippen molar-refractivity contribution in [1.29, 1.82) is 0 Å². The van der Waals surface area contributed by atoms with Gasteiger partial charge in [0.15, 0.2) is 0 Å². The molecule has 25 heavy (non-hydrogen) atoms. The van der Waals surface area contributed by atoms with Crippen LogP contribution in [0.2, 0.25) is 0 Å². The van der Waals surface area contributed by atoms with Gasteiger partial charge in [0.25, 0.3) is 5.91 Å². The van der Waals surface area contributed by atoms with Crippen molar-refractivity contribution in [3.63, 3.8) is 0 Å². The fourth-order valence-corrected chi connectivity index (χ4v) is 3.00. The second-order valence-electron chi connectivity index (χ2n) is 6.02. The Kier molecular flexibility index (Phi) is 3.69. The van der Waals surface area contributed by atoms with Gasteiger partial charge in [0.05, 0.1) is 18.5 Å². The topological polar surface area (TPSA) is 57.0 Å². The number of methoxy groups -OCH3 is 1. The van der Waals surface area contributed by atoms with Crippen LogP contribution in [0.5, 0.6) is 5.75 Å². The minimum atomic E-state index is -0.323. The third kappa shape index (κ3) is 2.63. The normalized spacial score (nSPS) is 12.4. The van der Waals surface area contributed by atoms with E-state index >= 15 is 0 Å². The summed E-state index contributed by atoms with van der Waals surface area (Å²) >= 11 is 0. The number of ether oxygens (including phenoxy) is 1. The summed E-state index contributed by atoms with van der Waals surface area (Å²) in [5.41, 5.74) is 2.39. The van der Waals surface area contributed by atoms with Crippen LogP contribution in [0.1, 0.15) is 23.2 Å². The molecular weight excluding hydrogens is 314 g/mol. The van der Waals surface area contributed by atoms with E-state index in [4.69, 9.17) is 4.74 Å². The number of carbonyl (C=O) groups is 1. The lowest BCUT2D eigenvalue weighted by Crippen LogP contribution is -2.19. The number of fused-ring (bicyclic) bond motifs is 2. The van der Waals surface area contributed by atoms with Gasteiger partial charge in [-0.15, -0.1) is 5.10 Å². The van der Waals surface area contributed by atoms with Crippen molar-refractivity contribution < 1.29 is 9.53 Å². The highest BCUT2D eigenvalue weighted by molar-refractivity contribution is 5.93. The predicted molar refractivity (Wildman–Crippen MR) is 97.1 cm³/mol. The maximum atomic E-state index is 12.9. The highest BCUT2D eigenvalue weighted by Gasteiger charge is 2.20. The van der Waals surface area contributed by atoms with E-state index in [1.54, 1.807) is 7.11 Å². The molecule has 0 aliphatic heterocycles. The van der Waals surface area contributed by atoms with E-state index in [0.29, 0.717) is 5.52 Å². The van der Waals surface area contributed by atoms with Crippen LogP contribution in [0.25, 0.3) is 21.8 Å². The quantitative estimate of drug-likeness (QED) is 0.568. The molecule has 124 valence electrons. The number of benzene rings is 3. The second-order valence-corrected chi connectivity index (χ2v) is 6.02. The van der Waals surface area contributed by atoms with Gasteiger partial charge in [-0.1, -0.05) is 41.6 Å². The van der Waals surface area contributed by atoms with Crippen molar-refractivity contribution in [2.45, 2.75) is 12.8 Å². The molecule has 0 N–H and O–H groups in total. The molecule has 1 heterocycles. The molecule has 0 spiro atoms. The van der Waals surface area contributed by atoms with Crippen LogP contribution in [-0.2, 0) is 0 Å². The molecule has 5 nitrogen and oxygen atoms in total. The molecule has 3 aromatic carbocycles. The van der Waals surface area contributed by atoms with Crippen LogP contribution in [0.3, 0.4) is 0 Å². The van der Waals surface area contributed by atoms with Crippen molar-refractivity contribution in [1.82, 2.24) is 15.0 Å². The molecule has 0 saturated heterocycles. The number of rotatable bonds is 3. The predicted octanol–water partition coefficient (Wildman–Crippen LogP) is 4.04. The van der Waals surface area contributed by atoms with E-state index in [1.165, 1.54) is 4.68 Å². The molecular formula is C20H17N3O2. The number of carbonyl (C=O) groups excluding carboxylic acids is 1. The average molecular weight is 331 g/mol. The van der Waals surface area contributed by atoms with Crippen LogP contribution < -0.4 is 4.74 Å². The molecule has 0 unspecified atom stereocenters. The number of aromatic nitrogens is 3. The Bertz CT molecular complexity index is 1080. The zero-order valence-corrected chi connectivity index (χ0v) is 14.0. The Balaban J connectivity index is 1.71. The summed E-state index contributed by atoms with van der Waals surface area (Å²) in [6.45, 7) is 1.89. The molecule has 0 amide bonds. The fraction of sp³-hybridized carbons (Fsp3) is 0.150. The molecule has 0 fully saturated rings. The fourth-order valence-electron chi connectivity index (χ4n) is 3.00. The zero-order chi connectivity index (χ0) is 17.4. The van der Waals surface area contributed by atoms with E-state index < -0.39 is 0 Å². The summed E-state index contributed by atoms with van der Waals surface area (Å²) < 4.78 is 6.64. The van der Waals surface area contributed by atoms with E-state index in [0.717, 1.165) is 27.6 Å². The molecule has 0 aliphatic carbocycles. The van der Waals surface area contributed by atoms with E-state index in [-0.39, 0.29) is 11.8 Å². The van der Waals surface area contributed by atoms with Crippen molar-refractivity contribution >= 4 is 27.7 Å². The molecule has 0 radical (unpaired) electrons. The lowest BCUT2D eigenvalue weighted by molar-refractivity contribution is 0.0872. The third-order valence-corrected chi connectivity index (χ3v) is 4.50. The van der Waals surface area contributed by atoms with Gasteiger partial charge >= 0.3 is 0 Å². The average Bonchev–Trinajstić information content (AvgIpc) is 3.10. The zero-order valence-electron chi connectivity index (χ0n) is 14.0. The summed E-state index contributed by atoms with van der Waals surface area (Å²) in [6, 6.07) is 19.4. The number of nitrogens with zero attached hydrogens (tertiary/aromatic N) is 3. The van der Waals surface area contributed by atoms with Gasteiger partial charge < -0.3 is 4.74 Å². The van der Waals surface area contributed by atoms with Crippen LogP contribution >= 0.6 is 0 Å². The summed E-state index contributed by atoms with van der Waals surface area (Å²) in [5.74, 6) is 0.400. The van der Waals surface area contributed by atoms with Gasteiger partial charge in [0, 0.05) is 0 Å². The molecule has 0 bridgehead atoms. The van der Waals surface area contributed by atoms with Crippen molar-refractivity contribution in [2.24, 2.45) is 0 Å². The van der Waals surface area contributed by atoms with E-state index in [2.05, 4.69) is 10.3 Å². The summed E-state index contributed by atoms with van der Waals surface area (Å²) in [7, 11) is 1.65. The Morgan fingerprint density at radius 3 is 2.64 bits per heavy atom. The summed E-state index contributed by atoms with van der Waals surface area (Å²) in [4.78, 5) is 12.9. The first-order valence-electron chi connectivity index (χ1n) is 8.10. The minimum Gasteiger partial charge on any atom is -0.497 e. The highest BCUT2D eigenvalue weighted by Crippen LogP contribution is 2.26. The largest absolute Gasteiger partial charge is 0.497 e. The molecule has 4 aromatic rings. The Morgan fingerprint density at radius 1 is 1.04 bits per heavy atom. The van der Waals surface area contributed by atoms with Gasteiger partial charge in [0.1, 0.15) is 11.3 Å². The monoisotopic (exact) mass is 331 g/mol. The molecule has 0 aliphatic rings. The Hall–Kier alpha value is -3.21.